The number of aliphatic hydroxyl groups is 2. The normalized spacial score (nSPS) is 13.6. The van der Waals surface area contributed by atoms with Crippen LogP contribution in [0.5, 0.6) is 11.5 Å². The van der Waals surface area contributed by atoms with Crippen molar-refractivity contribution in [3.8, 4) is 22.6 Å². The summed E-state index contributed by atoms with van der Waals surface area (Å²) in [7, 11) is 0. The SMILES string of the molecule is CCC(C)(O)c1ccc(C(=O)c2ccc(C(=O)O)c(C(=O)OC(COc3ccc(C4(c5ccc(OCC(CSc6ccccc6)OC(=O)c6cc(C(=O)c7ccc(C)c(C(=O)OC(C)C(C)O)c7)ccc6C(=O)O)cc5)c5ccccc5-c5ccccc54)cc3)CSc3ccccc3)c2)cc1C(=O)O. The zero-order chi connectivity index (χ0) is 74.0. The van der Waals surface area contributed by atoms with Crippen molar-refractivity contribution >= 4 is 70.9 Å². The molecule has 0 heterocycles. The predicted octanol–water partition coefficient (Wildman–Crippen LogP) is 15.3. The van der Waals surface area contributed by atoms with E-state index in [4.69, 9.17) is 23.7 Å². The van der Waals surface area contributed by atoms with Crippen LogP contribution in [-0.4, -0.2) is 122 Å². The molecule has 0 saturated carbocycles. The number of carbonyl (C=O) groups is 8. The molecule has 104 heavy (non-hydrogen) atoms. The van der Waals surface area contributed by atoms with Gasteiger partial charge in [-0.25, -0.2) is 28.8 Å². The second kappa shape index (κ2) is 32.3. The lowest BCUT2D eigenvalue weighted by Crippen LogP contribution is -2.29. The molecule has 1 aliphatic rings. The van der Waals surface area contributed by atoms with Gasteiger partial charge in [0.1, 0.15) is 43.0 Å². The van der Waals surface area contributed by atoms with Crippen molar-refractivity contribution in [1.29, 1.82) is 0 Å². The van der Waals surface area contributed by atoms with Gasteiger partial charge in [-0.15, -0.1) is 23.5 Å². The van der Waals surface area contributed by atoms with Gasteiger partial charge in [-0.2, -0.15) is 0 Å². The Morgan fingerprint density at radius 2 is 0.817 bits per heavy atom. The molecule has 0 amide bonds. The van der Waals surface area contributed by atoms with Gasteiger partial charge >= 0.3 is 35.8 Å². The van der Waals surface area contributed by atoms with Crippen molar-refractivity contribution in [1.82, 2.24) is 0 Å². The molecule has 5 N–H and O–H groups in total. The number of carbonyl (C=O) groups excluding carboxylic acids is 5. The van der Waals surface area contributed by atoms with Gasteiger partial charge in [0.05, 0.1) is 50.5 Å². The Morgan fingerprint density at radius 3 is 1.23 bits per heavy atom. The van der Waals surface area contributed by atoms with Crippen LogP contribution in [0, 0.1) is 6.92 Å². The molecule has 0 bridgehead atoms. The number of aryl methyl sites for hydroxylation is 1. The first-order valence-electron chi connectivity index (χ1n) is 33.3. The summed E-state index contributed by atoms with van der Waals surface area (Å²) in [5.41, 5.74) is 1.87. The Kier molecular flexibility index (Phi) is 22.9. The molecule has 0 saturated heterocycles. The van der Waals surface area contributed by atoms with Gasteiger partial charge in [-0.3, -0.25) is 9.59 Å². The number of fused-ring (bicyclic) bond motifs is 3. The number of carboxylic acids is 3. The molecule has 18 nitrogen and oxygen atoms in total. The number of aromatic carboxylic acids is 3. The number of ketones is 2. The van der Waals surface area contributed by atoms with Crippen LogP contribution in [0.15, 0.2) is 240 Å². The number of benzene rings is 10. The number of hydrogen-bond acceptors (Lipinski definition) is 17. The van der Waals surface area contributed by atoms with Gasteiger partial charge in [0, 0.05) is 43.6 Å². The number of hydrogen-bond donors (Lipinski definition) is 5. The van der Waals surface area contributed by atoms with Crippen molar-refractivity contribution in [2.45, 2.75) is 86.3 Å². The summed E-state index contributed by atoms with van der Waals surface area (Å²) in [4.78, 5) is 110. The Hall–Kier alpha value is -11.4. The minimum atomic E-state index is -1.51. The Bertz CT molecular complexity index is 4850. The summed E-state index contributed by atoms with van der Waals surface area (Å²) in [6.07, 6.45) is -3.57. The molecule has 1 aliphatic carbocycles. The lowest BCUT2D eigenvalue weighted by Gasteiger charge is -2.34. The third-order valence-electron chi connectivity index (χ3n) is 18.2. The van der Waals surface area contributed by atoms with E-state index in [1.54, 1.807) is 19.9 Å². The van der Waals surface area contributed by atoms with Crippen molar-refractivity contribution in [3.05, 3.63) is 320 Å². The highest BCUT2D eigenvalue weighted by atomic mass is 32.2. The summed E-state index contributed by atoms with van der Waals surface area (Å²) in [5, 5.41) is 51.6. The number of rotatable bonds is 30. The maximum Gasteiger partial charge on any atom is 0.339 e. The lowest BCUT2D eigenvalue weighted by atomic mass is 9.68. The largest absolute Gasteiger partial charge is 0.490 e. The maximum absolute atomic E-state index is 14.4. The average Bonchev–Trinajstić information content (AvgIpc) is 1.54. The molecule has 5 atom stereocenters. The predicted molar refractivity (Wildman–Crippen MR) is 392 cm³/mol. The van der Waals surface area contributed by atoms with Gasteiger partial charge in [0.15, 0.2) is 11.6 Å². The first kappa shape index (κ1) is 73.8. The quantitative estimate of drug-likeness (QED) is 0.0121. The highest BCUT2D eigenvalue weighted by Gasteiger charge is 2.46. The van der Waals surface area contributed by atoms with Crippen LogP contribution in [0.1, 0.15) is 161 Å². The molecule has 20 heteroatoms. The zero-order valence-electron chi connectivity index (χ0n) is 57.1. The van der Waals surface area contributed by atoms with Crippen LogP contribution in [0.3, 0.4) is 0 Å². The van der Waals surface area contributed by atoms with E-state index in [-0.39, 0.29) is 75.6 Å². The van der Waals surface area contributed by atoms with Crippen LogP contribution in [0.25, 0.3) is 11.1 Å². The fraction of sp³-hybridized carbons (Fsp3) is 0.190. The van der Waals surface area contributed by atoms with Gasteiger partial charge in [0.2, 0.25) is 0 Å². The maximum atomic E-state index is 14.4. The second-order valence-electron chi connectivity index (χ2n) is 25.2. The molecule has 0 radical (unpaired) electrons. The second-order valence-corrected chi connectivity index (χ2v) is 27.4. The van der Waals surface area contributed by atoms with Crippen LogP contribution in [0.2, 0.25) is 0 Å². The van der Waals surface area contributed by atoms with E-state index < -0.39 is 99.5 Å². The average molecular weight is 1430 g/mol. The van der Waals surface area contributed by atoms with Gasteiger partial charge in [-0.05, 0) is 164 Å². The molecular formula is C84H72O18S2. The van der Waals surface area contributed by atoms with E-state index >= 15 is 0 Å². The molecule has 0 aromatic heterocycles. The minimum Gasteiger partial charge on any atom is -0.490 e. The fourth-order valence-electron chi connectivity index (χ4n) is 12.3. The van der Waals surface area contributed by atoms with E-state index in [1.165, 1.54) is 80.7 Å². The number of ether oxygens (including phenoxy) is 5. The van der Waals surface area contributed by atoms with Gasteiger partial charge < -0.3 is 49.2 Å². The molecule has 0 spiro atoms. The third-order valence-corrected chi connectivity index (χ3v) is 20.5. The van der Waals surface area contributed by atoms with Crippen molar-refractivity contribution < 1.29 is 87.6 Å². The Labute approximate surface area is 608 Å². The highest BCUT2D eigenvalue weighted by Crippen LogP contribution is 2.56. The number of esters is 3. The van der Waals surface area contributed by atoms with Crippen LogP contribution in [-0.2, 0) is 25.2 Å². The first-order chi connectivity index (χ1) is 49.9. The molecule has 0 aliphatic heterocycles. The summed E-state index contributed by atoms with van der Waals surface area (Å²) in [5.74, 6) is -7.25. The van der Waals surface area contributed by atoms with Gasteiger partial charge in [0.25, 0.3) is 0 Å². The monoisotopic (exact) mass is 1430 g/mol. The topological polar surface area (TPSA) is 284 Å². The molecule has 528 valence electrons. The molecule has 10 aromatic rings. The molecule has 11 rings (SSSR count). The summed E-state index contributed by atoms with van der Waals surface area (Å²) in [6.45, 7) is 7.46. The Balaban J connectivity index is 0.848. The summed E-state index contributed by atoms with van der Waals surface area (Å²) in [6, 6.07) is 65.5. The summed E-state index contributed by atoms with van der Waals surface area (Å²) < 4.78 is 30.6. The van der Waals surface area contributed by atoms with E-state index in [9.17, 15) is 63.9 Å². The van der Waals surface area contributed by atoms with E-state index in [1.807, 2.05) is 133 Å². The van der Waals surface area contributed by atoms with E-state index in [0.717, 1.165) is 73.5 Å². The van der Waals surface area contributed by atoms with Gasteiger partial charge in [-0.1, -0.05) is 153 Å². The van der Waals surface area contributed by atoms with Crippen LogP contribution < -0.4 is 9.47 Å². The Morgan fingerprint density at radius 1 is 0.442 bits per heavy atom. The zero-order valence-corrected chi connectivity index (χ0v) is 58.8. The smallest absolute Gasteiger partial charge is 0.339 e. The van der Waals surface area contributed by atoms with E-state index in [2.05, 4.69) is 24.3 Å². The highest BCUT2D eigenvalue weighted by molar-refractivity contribution is 7.99. The molecular weight excluding hydrogens is 1360 g/mol. The minimum absolute atomic E-state index is 0.0498. The van der Waals surface area contributed by atoms with E-state index in [0.29, 0.717) is 17.1 Å². The lowest BCUT2D eigenvalue weighted by molar-refractivity contribution is -0.00479. The number of thioether (sulfide) groups is 2. The fourth-order valence-corrected chi connectivity index (χ4v) is 14.1. The van der Waals surface area contributed by atoms with Crippen LogP contribution >= 0.6 is 23.5 Å². The van der Waals surface area contributed by atoms with Crippen molar-refractivity contribution in [2.24, 2.45) is 0 Å². The van der Waals surface area contributed by atoms with Crippen molar-refractivity contribution in [3.63, 3.8) is 0 Å². The number of carboxylic acid groups (broad SMARTS) is 3. The molecule has 10 aromatic carbocycles. The first-order valence-corrected chi connectivity index (χ1v) is 35.3. The standard InChI is InChI=1S/C84H72O18S2/c1-6-83(5,97)72-40-29-55(44-71(72)79(92)93)76(87)54-28-39-67(78(90)91)70(43-54)82(96)102-61(48-104-63-19-11-8-12-20-63)46-99-59-36-32-57(33-37-59)84(73-23-15-13-21-64(73)65-22-14-16-24-74(65)84)56-30-34-58(35-31-56)98-45-60(47-103-62-17-9-7-10-18-62)101-81(95)69-42-53(27-38-66(69)77(88)89)75(86)52-26-25-49(2)68(41-52)80(94)100-51(4)50(3)85/h7-44,50-51,60-61,85,97H,6,45-48H2,1-5H3,(H,88,89)(H,90,91)(H,92,93). The van der Waals surface area contributed by atoms with Crippen molar-refractivity contribution in [2.75, 3.05) is 24.7 Å². The third kappa shape index (κ3) is 16.2. The molecule has 0 fully saturated rings. The molecule has 5 unspecified atom stereocenters. The van der Waals surface area contributed by atoms with Crippen LogP contribution in [0.4, 0.5) is 0 Å². The summed E-state index contributed by atoms with van der Waals surface area (Å²) >= 11 is 2.76. The number of aliphatic hydroxyl groups excluding tert-OH is 1.